The summed E-state index contributed by atoms with van der Waals surface area (Å²) in [5.74, 6) is -0.891. The van der Waals surface area contributed by atoms with Crippen LogP contribution in [0.2, 0.25) is 0 Å². The van der Waals surface area contributed by atoms with Crippen LogP contribution < -0.4 is 5.32 Å². The number of nitrogens with zero attached hydrogens (tertiary/aromatic N) is 3. The normalized spacial score (nSPS) is 15.5. The lowest BCUT2D eigenvalue weighted by molar-refractivity contribution is -0.125. The van der Waals surface area contributed by atoms with Crippen LogP contribution in [0.4, 0.5) is 0 Å². The fraction of sp³-hybridized carbons (Fsp3) is 0.400. The van der Waals surface area contributed by atoms with Crippen LogP contribution >= 0.6 is 0 Å². The van der Waals surface area contributed by atoms with Crippen molar-refractivity contribution in [2.75, 3.05) is 6.61 Å². The molecule has 1 aromatic heterocycles. The van der Waals surface area contributed by atoms with Gasteiger partial charge in [-0.15, -0.1) is 0 Å². The van der Waals surface area contributed by atoms with Gasteiger partial charge in [0.15, 0.2) is 6.61 Å². The summed E-state index contributed by atoms with van der Waals surface area (Å²) in [4.78, 5) is 24.2. The molecule has 0 aliphatic heterocycles. The van der Waals surface area contributed by atoms with Gasteiger partial charge >= 0.3 is 5.97 Å². The first-order chi connectivity index (χ1) is 12.8. The standard InChI is InChI=1S/C20H22N4O3/c1-13-10-14(2)24(23-13)17-8-4-15(5-9-17)19(26)27-11-18(25)22-20(3,12-21)16-6-7-16/h4-5,8-10,16H,6-7,11H2,1-3H3,(H,22,25). The van der Waals surface area contributed by atoms with Crippen molar-refractivity contribution in [2.45, 2.75) is 39.2 Å². The highest BCUT2D eigenvalue weighted by Gasteiger charge is 2.43. The fourth-order valence-corrected chi connectivity index (χ4v) is 3.05. The molecule has 1 heterocycles. The van der Waals surface area contributed by atoms with Crippen molar-refractivity contribution < 1.29 is 14.3 Å². The highest BCUT2D eigenvalue weighted by molar-refractivity contribution is 5.91. The Morgan fingerprint density at radius 3 is 2.52 bits per heavy atom. The summed E-state index contributed by atoms with van der Waals surface area (Å²) >= 11 is 0. The second-order valence-electron chi connectivity index (χ2n) is 7.10. The van der Waals surface area contributed by atoms with Crippen molar-refractivity contribution in [1.82, 2.24) is 15.1 Å². The fourth-order valence-electron chi connectivity index (χ4n) is 3.05. The zero-order valence-corrected chi connectivity index (χ0v) is 15.7. The second-order valence-corrected chi connectivity index (χ2v) is 7.10. The van der Waals surface area contributed by atoms with E-state index in [4.69, 9.17) is 4.74 Å². The third-order valence-corrected chi connectivity index (χ3v) is 4.72. The van der Waals surface area contributed by atoms with E-state index in [9.17, 15) is 14.9 Å². The molecule has 1 unspecified atom stereocenters. The van der Waals surface area contributed by atoms with Crippen LogP contribution in [0.15, 0.2) is 30.3 Å². The summed E-state index contributed by atoms with van der Waals surface area (Å²) < 4.78 is 6.86. The highest BCUT2D eigenvalue weighted by atomic mass is 16.5. The van der Waals surface area contributed by atoms with Gasteiger partial charge in [0.25, 0.3) is 5.91 Å². The number of hydrogen-bond donors (Lipinski definition) is 1. The minimum atomic E-state index is -0.898. The summed E-state index contributed by atoms with van der Waals surface area (Å²) in [7, 11) is 0. The Labute approximate surface area is 157 Å². The van der Waals surface area contributed by atoms with Crippen LogP contribution in [0, 0.1) is 31.1 Å². The predicted octanol–water partition coefficient (Wildman–Crippen LogP) is 2.45. The maximum atomic E-state index is 12.2. The van der Waals surface area contributed by atoms with E-state index in [-0.39, 0.29) is 5.92 Å². The molecule has 0 saturated heterocycles. The predicted molar refractivity (Wildman–Crippen MR) is 98.2 cm³/mol. The number of carbonyl (C=O) groups excluding carboxylic acids is 2. The topological polar surface area (TPSA) is 97.0 Å². The summed E-state index contributed by atoms with van der Waals surface area (Å²) in [5, 5.41) is 16.3. The van der Waals surface area contributed by atoms with Crippen LogP contribution in [0.25, 0.3) is 5.69 Å². The minimum absolute atomic E-state index is 0.170. The van der Waals surface area contributed by atoms with E-state index in [1.807, 2.05) is 19.9 Å². The minimum Gasteiger partial charge on any atom is -0.452 e. The van der Waals surface area contributed by atoms with Gasteiger partial charge < -0.3 is 10.1 Å². The largest absolute Gasteiger partial charge is 0.452 e. The summed E-state index contributed by atoms with van der Waals surface area (Å²) in [6.07, 6.45) is 1.84. The molecule has 1 amide bonds. The van der Waals surface area contributed by atoms with Crippen LogP contribution in [-0.2, 0) is 9.53 Å². The number of amides is 1. The zero-order valence-electron chi connectivity index (χ0n) is 15.7. The molecule has 1 aliphatic rings. The average Bonchev–Trinajstić information content (AvgIpc) is 3.45. The van der Waals surface area contributed by atoms with Crippen molar-refractivity contribution in [2.24, 2.45) is 5.92 Å². The molecular formula is C20H22N4O3. The lowest BCUT2D eigenvalue weighted by atomic mass is 9.98. The van der Waals surface area contributed by atoms with E-state index in [1.54, 1.807) is 35.9 Å². The molecule has 1 atom stereocenters. The number of carbonyl (C=O) groups is 2. The average molecular weight is 366 g/mol. The number of nitriles is 1. The third-order valence-electron chi connectivity index (χ3n) is 4.72. The Morgan fingerprint density at radius 1 is 1.33 bits per heavy atom. The first kappa shape index (κ1) is 18.6. The van der Waals surface area contributed by atoms with Crippen LogP contribution in [0.5, 0.6) is 0 Å². The maximum absolute atomic E-state index is 12.2. The molecule has 0 bridgehead atoms. The van der Waals surface area contributed by atoms with Crippen molar-refractivity contribution in [3.8, 4) is 11.8 Å². The van der Waals surface area contributed by atoms with E-state index in [1.165, 1.54) is 0 Å². The van der Waals surface area contributed by atoms with Gasteiger partial charge in [-0.2, -0.15) is 10.4 Å². The number of nitrogens with one attached hydrogen (secondary N) is 1. The van der Waals surface area contributed by atoms with E-state index in [2.05, 4.69) is 16.5 Å². The molecule has 1 aliphatic carbocycles. The summed E-state index contributed by atoms with van der Waals surface area (Å²) in [6, 6.07) is 10.9. The van der Waals surface area contributed by atoms with Crippen LogP contribution in [-0.4, -0.2) is 33.8 Å². The zero-order chi connectivity index (χ0) is 19.6. The molecule has 2 aromatic rings. The maximum Gasteiger partial charge on any atom is 0.338 e. The SMILES string of the molecule is Cc1cc(C)n(-c2ccc(C(=O)OCC(=O)NC(C)(C#N)C3CC3)cc2)n1. The van der Waals surface area contributed by atoms with Crippen molar-refractivity contribution in [3.05, 3.63) is 47.3 Å². The number of esters is 1. The number of aromatic nitrogens is 2. The number of aryl methyl sites for hydroxylation is 2. The molecule has 140 valence electrons. The smallest absolute Gasteiger partial charge is 0.338 e. The molecule has 0 radical (unpaired) electrons. The van der Waals surface area contributed by atoms with Gasteiger partial charge in [-0.25, -0.2) is 9.48 Å². The van der Waals surface area contributed by atoms with Gasteiger partial charge in [0.2, 0.25) is 0 Å². The highest BCUT2D eigenvalue weighted by Crippen LogP contribution is 2.39. The van der Waals surface area contributed by atoms with Gasteiger partial charge in [-0.1, -0.05) is 0 Å². The van der Waals surface area contributed by atoms with E-state index >= 15 is 0 Å². The number of benzene rings is 1. The molecule has 0 spiro atoms. The quantitative estimate of drug-likeness (QED) is 0.792. The van der Waals surface area contributed by atoms with E-state index < -0.39 is 24.0 Å². The van der Waals surface area contributed by atoms with E-state index in [0.29, 0.717) is 5.56 Å². The Balaban J connectivity index is 1.57. The number of hydrogen-bond acceptors (Lipinski definition) is 5. The molecule has 1 fully saturated rings. The number of ether oxygens (including phenoxy) is 1. The first-order valence-corrected chi connectivity index (χ1v) is 8.85. The van der Waals surface area contributed by atoms with Gasteiger partial charge in [-0.05, 0) is 69.9 Å². The Hall–Kier alpha value is -3.14. The molecular weight excluding hydrogens is 344 g/mol. The summed E-state index contributed by atoms with van der Waals surface area (Å²) in [5.41, 5.74) is 2.20. The van der Waals surface area contributed by atoms with Crippen molar-refractivity contribution >= 4 is 11.9 Å². The van der Waals surface area contributed by atoms with Crippen molar-refractivity contribution in [3.63, 3.8) is 0 Å². The Kier molecular flexibility index (Phi) is 5.00. The second kappa shape index (κ2) is 7.23. The monoisotopic (exact) mass is 366 g/mol. The molecule has 1 aromatic carbocycles. The number of rotatable bonds is 6. The molecule has 1 N–H and O–H groups in total. The third kappa shape index (κ3) is 4.17. The first-order valence-electron chi connectivity index (χ1n) is 8.85. The lowest BCUT2D eigenvalue weighted by Gasteiger charge is -2.22. The molecule has 3 rings (SSSR count). The van der Waals surface area contributed by atoms with Gasteiger partial charge in [-0.3, -0.25) is 4.79 Å². The molecule has 1 saturated carbocycles. The lowest BCUT2D eigenvalue weighted by Crippen LogP contribution is -2.48. The van der Waals surface area contributed by atoms with Gasteiger partial charge in [0.05, 0.1) is 23.0 Å². The van der Waals surface area contributed by atoms with Gasteiger partial charge in [0.1, 0.15) is 5.54 Å². The molecule has 27 heavy (non-hydrogen) atoms. The van der Waals surface area contributed by atoms with Gasteiger partial charge in [0, 0.05) is 5.69 Å². The van der Waals surface area contributed by atoms with Crippen molar-refractivity contribution in [1.29, 1.82) is 5.26 Å². The molecule has 7 nitrogen and oxygen atoms in total. The molecule has 7 heteroatoms. The van der Waals surface area contributed by atoms with Crippen LogP contribution in [0.3, 0.4) is 0 Å². The van der Waals surface area contributed by atoms with Crippen LogP contribution in [0.1, 0.15) is 41.5 Å². The Bertz CT molecular complexity index is 906. The van der Waals surface area contributed by atoms with E-state index in [0.717, 1.165) is 29.9 Å². The summed E-state index contributed by atoms with van der Waals surface area (Å²) in [6.45, 7) is 5.16. The Morgan fingerprint density at radius 2 is 2.00 bits per heavy atom.